The van der Waals surface area contributed by atoms with Crippen LogP contribution in [0.15, 0.2) is 24.3 Å². The predicted molar refractivity (Wildman–Crippen MR) is 112 cm³/mol. The number of thiophene rings is 1. The Labute approximate surface area is 170 Å². The Morgan fingerprint density at radius 1 is 1.14 bits per heavy atom. The van der Waals surface area contributed by atoms with E-state index in [2.05, 4.69) is 29.2 Å². The number of benzene rings is 1. The van der Waals surface area contributed by atoms with Crippen molar-refractivity contribution < 1.29 is 9.53 Å². The second kappa shape index (κ2) is 7.20. The highest BCUT2D eigenvalue weighted by Gasteiger charge is 2.44. The molecule has 28 heavy (non-hydrogen) atoms. The summed E-state index contributed by atoms with van der Waals surface area (Å²) in [5.74, 6) is 1.22. The number of carbonyl (C=O) groups excluding carboxylic acids is 1. The normalized spacial score (nSPS) is 20.4. The van der Waals surface area contributed by atoms with Gasteiger partial charge in [0.05, 0.1) is 11.5 Å². The fraction of sp³-hybridized carbons (Fsp3) is 0.522. The number of likely N-dealkylation sites (tertiary alicyclic amines) is 1. The third-order valence-corrected chi connectivity index (χ3v) is 8.05. The van der Waals surface area contributed by atoms with Gasteiger partial charge in [-0.25, -0.2) is 0 Å². The van der Waals surface area contributed by atoms with Gasteiger partial charge < -0.3 is 15.4 Å². The Morgan fingerprint density at radius 3 is 2.79 bits per heavy atom. The first-order chi connectivity index (χ1) is 13.7. The van der Waals surface area contributed by atoms with E-state index < -0.39 is 0 Å². The molecule has 0 atom stereocenters. The summed E-state index contributed by atoms with van der Waals surface area (Å²) in [6.07, 6.45) is 8.04. The molecule has 1 aromatic carbocycles. The number of ether oxygens (including phenoxy) is 1. The van der Waals surface area contributed by atoms with Gasteiger partial charge in [-0.1, -0.05) is 18.6 Å². The van der Waals surface area contributed by atoms with Gasteiger partial charge in [-0.3, -0.25) is 4.79 Å². The molecule has 148 valence electrons. The van der Waals surface area contributed by atoms with E-state index in [-0.39, 0.29) is 11.3 Å². The number of fused-ring (bicyclic) bond motifs is 3. The van der Waals surface area contributed by atoms with E-state index in [4.69, 9.17) is 10.5 Å². The molecule has 1 aromatic heterocycles. The number of aryl methyl sites for hydroxylation is 2. The molecule has 2 N–H and O–H groups in total. The van der Waals surface area contributed by atoms with Gasteiger partial charge in [0.15, 0.2) is 0 Å². The minimum atomic E-state index is 0.0455. The zero-order valence-electron chi connectivity index (χ0n) is 16.3. The standard InChI is InChI=1S/C23H28N2O2S/c24-14-16-6-7-19-18(12-16)23(15-27-19)8-10-25(11-9-23)22(26)21-13-17-4-2-1-3-5-20(17)28-21/h6-7,12-13H,1-5,8-11,14-15,24H2. The Kier molecular flexibility index (Phi) is 4.68. The van der Waals surface area contributed by atoms with E-state index in [1.807, 2.05) is 0 Å². The predicted octanol–water partition coefficient (Wildman–Crippen LogP) is 4.04. The molecule has 1 saturated heterocycles. The van der Waals surface area contributed by atoms with E-state index in [9.17, 15) is 4.79 Å². The SMILES string of the molecule is NCc1ccc2c(c1)C1(CCN(C(=O)c3cc4c(s3)CCCCC4)CC1)CO2. The van der Waals surface area contributed by atoms with Crippen LogP contribution in [0.1, 0.15) is 63.3 Å². The van der Waals surface area contributed by atoms with Crippen molar-refractivity contribution in [2.24, 2.45) is 5.73 Å². The molecule has 2 aliphatic heterocycles. The van der Waals surface area contributed by atoms with E-state index in [1.54, 1.807) is 11.3 Å². The van der Waals surface area contributed by atoms with Crippen LogP contribution in [0.5, 0.6) is 5.75 Å². The first-order valence-corrected chi connectivity index (χ1v) is 11.4. The molecule has 0 unspecified atom stereocenters. The number of amides is 1. The molecule has 0 bridgehead atoms. The van der Waals surface area contributed by atoms with Crippen LogP contribution >= 0.6 is 11.3 Å². The smallest absolute Gasteiger partial charge is 0.263 e. The molecule has 0 saturated carbocycles. The van der Waals surface area contributed by atoms with Crippen LogP contribution in [0.4, 0.5) is 0 Å². The Morgan fingerprint density at radius 2 is 1.96 bits per heavy atom. The maximum atomic E-state index is 13.1. The second-order valence-corrected chi connectivity index (χ2v) is 9.65. The van der Waals surface area contributed by atoms with Crippen molar-refractivity contribution in [1.82, 2.24) is 4.90 Å². The lowest BCUT2D eigenvalue weighted by atomic mass is 9.74. The fourth-order valence-electron chi connectivity index (χ4n) is 5.02. The van der Waals surface area contributed by atoms with Gasteiger partial charge in [-0.2, -0.15) is 0 Å². The summed E-state index contributed by atoms with van der Waals surface area (Å²) < 4.78 is 6.00. The topological polar surface area (TPSA) is 55.6 Å². The van der Waals surface area contributed by atoms with Gasteiger partial charge in [-0.15, -0.1) is 11.3 Å². The van der Waals surface area contributed by atoms with Gasteiger partial charge in [0.25, 0.3) is 5.91 Å². The molecule has 1 aliphatic carbocycles. The first kappa shape index (κ1) is 18.2. The number of nitrogens with zero attached hydrogens (tertiary/aromatic N) is 1. The maximum Gasteiger partial charge on any atom is 0.263 e. The molecule has 3 heterocycles. The molecule has 1 fully saturated rings. The van der Waals surface area contributed by atoms with E-state index in [0.29, 0.717) is 6.54 Å². The van der Waals surface area contributed by atoms with Crippen LogP contribution in [0.25, 0.3) is 0 Å². The quantitative estimate of drug-likeness (QED) is 0.780. The van der Waals surface area contributed by atoms with Crippen LogP contribution in [0, 0.1) is 0 Å². The summed E-state index contributed by atoms with van der Waals surface area (Å²) >= 11 is 1.74. The summed E-state index contributed by atoms with van der Waals surface area (Å²) in [6, 6.07) is 8.51. The Balaban J connectivity index is 1.31. The van der Waals surface area contributed by atoms with Crippen molar-refractivity contribution in [2.75, 3.05) is 19.7 Å². The molecule has 0 radical (unpaired) electrons. The zero-order valence-corrected chi connectivity index (χ0v) is 17.2. The number of rotatable bonds is 2. The third-order valence-electron chi connectivity index (χ3n) is 6.82. The summed E-state index contributed by atoms with van der Waals surface area (Å²) in [5.41, 5.74) is 9.77. The highest BCUT2D eigenvalue weighted by atomic mass is 32.1. The van der Waals surface area contributed by atoms with Crippen molar-refractivity contribution in [3.05, 3.63) is 50.7 Å². The number of carbonyl (C=O) groups is 1. The molecule has 5 heteroatoms. The average molecular weight is 397 g/mol. The highest BCUT2D eigenvalue weighted by Crippen LogP contribution is 2.46. The van der Waals surface area contributed by atoms with Crippen molar-refractivity contribution in [3.63, 3.8) is 0 Å². The Bertz CT molecular complexity index is 873. The minimum absolute atomic E-state index is 0.0455. The van der Waals surface area contributed by atoms with E-state index >= 15 is 0 Å². The van der Waals surface area contributed by atoms with Crippen molar-refractivity contribution >= 4 is 17.2 Å². The van der Waals surface area contributed by atoms with Gasteiger partial charge in [-0.05, 0) is 61.8 Å². The van der Waals surface area contributed by atoms with Crippen molar-refractivity contribution in [2.45, 2.75) is 56.9 Å². The fourth-order valence-corrected chi connectivity index (χ4v) is 6.24. The molecule has 3 aliphatic rings. The van der Waals surface area contributed by atoms with Gasteiger partial charge in [0.2, 0.25) is 0 Å². The van der Waals surface area contributed by atoms with Crippen LogP contribution in [-0.4, -0.2) is 30.5 Å². The number of hydrogen-bond acceptors (Lipinski definition) is 4. The minimum Gasteiger partial charge on any atom is -0.492 e. The summed E-state index contributed by atoms with van der Waals surface area (Å²) in [5, 5.41) is 0. The lowest BCUT2D eigenvalue weighted by Gasteiger charge is -2.38. The first-order valence-electron chi connectivity index (χ1n) is 10.6. The molecule has 1 spiro atoms. The van der Waals surface area contributed by atoms with E-state index in [0.717, 1.165) is 61.6 Å². The molecule has 4 nitrogen and oxygen atoms in total. The maximum absolute atomic E-state index is 13.1. The number of hydrogen-bond donors (Lipinski definition) is 1. The zero-order chi connectivity index (χ0) is 19.1. The second-order valence-electron chi connectivity index (χ2n) is 8.52. The van der Waals surface area contributed by atoms with Crippen LogP contribution in [-0.2, 0) is 24.8 Å². The lowest BCUT2D eigenvalue weighted by Crippen LogP contribution is -2.45. The number of piperidine rings is 1. The summed E-state index contributed by atoms with van der Waals surface area (Å²) in [7, 11) is 0. The van der Waals surface area contributed by atoms with Crippen LogP contribution in [0.3, 0.4) is 0 Å². The monoisotopic (exact) mass is 396 g/mol. The molecular weight excluding hydrogens is 368 g/mol. The number of nitrogens with two attached hydrogens (primary N) is 1. The molecule has 5 rings (SSSR count). The van der Waals surface area contributed by atoms with Crippen molar-refractivity contribution in [3.8, 4) is 5.75 Å². The third kappa shape index (κ3) is 3.05. The Hall–Kier alpha value is -1.85. The molecule has 1 amide bonds. The highest BCUT2D eigenvalue weighted by molar-refractivity contribution is 7.14. The van der Waals surface area contributed by atoms with Gasteiger partial charge >= 0.3 is 0 Å². The molecular formula is C23H28N2O2S. The average Bonchev–Trinajstić information content (AvgIpc) is 3.22. The lowest BCUT2D eigenvalue weighted by molar-refractivity contribution is 0.0651. The summed E-state index contributed by atoms with van der Waals surface area (Å²) in [6.45, 7) is 2.89. The van der Waals surface area contributed by atoms with Crippen molar-refractivity contribution in [1.29, 1.82) is 0 Å². The largest absolute Gasteiger partial charge is 0.492 e. The van der Waals surface area contributed by atoms with E-state index in [1.165, 1.54) is 35.3 Å². The van der Waals surface area contributed by atoms with Crippen LogP contribution < -0.4 is 10.5 Å². The van der Waals surface area contributed by atoms with Gasteiger partial charge in [0, 0.05) is 35.5 Å². The summed E-state index contributed by atoms with van der Waals surface area (Å²) in [4.78, 5) is 17.6. The van der Waals surface area contributed by atoms with Gasteiger partial charge in [0.1, 0.15) is 5.75 Å². The molecule has 2 aromatic rings. The van der Waals surface area contributed by atoms with Crippen LogP contribution in [0.2, 0.25) is 0 Å².